The van der Waals surface area contributed by atoms with E-state index >= 15 is 0 Å². The minimum atomic E-state index is -0.465. The average molecular weight is 261 g/mol. The highest BCUT2D eigenvalue weighted by atomic mass is 16.2. The van der Waals surface area contributed by atoms with Crippen molar-refractivity contribution in [3.05, 3.63) is 29.8 Å². The SMILES string of the molecule is Cc1ccc(NC(=O)NC(=O)C2CCNCC2)cc1. The monoisotopic (exact) mass is 261 g/mol. The fraction of sp³-hybridized carbons (Fsp3) is 0.429. The number of benzene rings is 1. The Balaban J connectivity index is 1.83. The van der Waals surface area contributed by atoms with Gasteiger partial charge in [0.2, 0.25) is 5.91 Å². The van der Waals surface area contributed by atoms with Gasteiger partial charge >= 0.3 is 6.03 Å². The highest BCUT2D eigenvalue weighted by Gasteiger charge is 2.22. The zero-order valence-electron chi connectivity index (χ0n) is 11.0. The van der Waals surface area contributed by atoms with Crippen molar-refractivity contribution in [2.45, 2.75) is 19.8 Å². The summed E-state index contributed by atoms with van der Waals surface area (Å²) in [6, 6.07) is 6.97. The van der Waals surface area contributed by atoms with E-state index < -0.39 is 6.03 Å². The summed E-state index contributed by atoms with van der Waals surface area (Å²) in [4.78, 5) is 23.5. The first-order chi connectivity index (χ1) is 9.15. The predicted octanol–water partition coefficient (Wildman–Crippen LogP) is 1.64. The summed E-state index contributed by atoms with van der Waals surface area (Å²) < 4.78 is 0. The van der Waals surface area contributed by atoms with Crippen LogP contribution in [-0.2, 0) is 4.79 Å². The lowest BCUT2D eigenvalue weighted by atomic mass is 9.97. The van der Waals surface area contributed by atoms with Gasteiger partial charge in [0.25, 0.3) is 0 Å². The molecular formula is C14H19N3O2. The van der Waals surface area contributed by atoms with Crippen molar-refractivity contribution in [3.63, 3.8) is 0 Å². The number of carbonyl (C=O) groups excluding carboxylic acids is 2. The van der Waals surface area contributed by atoms with Crippen LogP contribution in [0.3, 0.4) is 0 Å². The van der Waals surface area contributed by atoms with Gasteiger partial charge in [-0.1, -0.05) is 17.7 Å². The first kappa shape index (κ1) is 13.5. The maximum atomic E-state index is 11.9. The Morgan fingerprint density at radius 3 is 2.42 bits per heavy atom. The molecule has 3 amide bonds. The average Bonchev–Trinajstić information content (AvgIpc) is 2.42. The van der Waals surface area contributed by atoms with Crippen molar-refractivity contribution < 1.29 is 9.59 Å². The fourth-order valence-corrected chi connectivity index (χ4v) is 2.10. The van der Waals surface area contributed by atoms with Crippen LogP contribution in [-0.4, -0.2) is 25.0 Å². The number of hydrogen-bond donors (Lipinski definition) is 3. The Hall–Kier alpha value is -1.88. The molecule has 0 unspecified atom stereocenters. The maximum absolute atomic E-state index is 11.9. The molecule has 0 radical (unpaired) electrons. The van der Waals surface area contributed by atoms with Crippen LogP contribution in [0.25, 0.3) is 0 Å². The smallest absolute Gasteiger partial charge is 0.317 e. The summed E-state index contributed by atoms with van der Waals surface area (Å²) in [5, 5.41) is 8.24. The molecule has 0 spiro atoms. The molecule has 3 N–H and O–H groups in total. The summed E-state index contributed by atoms with van der Waals surface area (Å²) >= 11 is 0. The molecule has 1 aromatic carbocycles. The predicted molar refractivity (Wildman–Crippen MR) is 73.9 cm³/mol. The van der Waals surface area contributed by atoms with Gasteiger partial charge in [-0.05, 0) is 45.0 Å². The van der Waals surface area contributed by atoms with Gasteiger partial charge in [0.15, 0.2) is 0 Å². The van der Waals surface area contributed by atoms with Crippen molar-refractivity contribution in [1.82, 2.24) is 10.6 Å². The summed E-state index contributed by atoms with van der Waals surface area (Å²) in [6.07, 6.45) is 1.56. The lowest BCUT2D eigenvalue weighted by Gasteiger charge is -2.21. The number of hydrogen-bond acceptors (Lipinski definition) is 3. The van der Waals surface area contributed by atoms with E-state index in [1.165, 1.54) is 0 Å². The van der Waals surface area contributed by atoms with Gasteiger partial charge in [0.05, 0.1) is 0 Å². The number of aryl methyl sites for hydroxylation is 1. The number of urea groups is 1. The second-order valence-corrected chi connectivity index (χ2v) is 4.83. The molecule has 102 valence electrons. The molecule has 19 heavy (non-hydrogen) atoms. The summed E-state index contributed by atoms with van der Waals surface area (Å²) in [5.74, 6) is -0.254. The number of carbonyl (C=O) groups is 2. The van der Waals surface area contributed by atoms with Crippen LogP contribution in [0, 0.1) is 12.8 Å². The van der Waals surface area contributed by atoms with Crippen molar-refractivity contribution >= 4 is 17.6 Å². The Morgan fingerprint density at radius 2 is 1.79 bits per heavy atom. The molecule has 5 nitrogen and oxygen atoms in total. The number of nitrogens with one attached hydrogen (secondary N) is 3. The lowest BCUT2D eigenvalue weighted by molar-refractivity contribution is -0.124. The Bertz CT molecular complexity index is 450. The van der Waals surface area contributed by atoms with Gasteiger partial charge in [-0.15, -0.1) is 0 Å². The second kappa shape index (κ2) is 6.33. The fourth-order valence-electron chi connectivity index (χ4n) is 2.10. The second-order valence-electron chi connectivity index (χ2n) is 4.83. The van der Waals surface area contributed by atoms with Crippen LogP contribution >= 0.6 is 0 Å². The topological polar surface area (TPSA) is 70.2 Å². The molecule has 1 saturated heterocycles. The van der Waals surface area contributed by atoms with E-state index in [1.54, 1.807) is 0 Å². The number of piperidine rings is 1. The Labute approximate surface area is 112 Å². The van der Waals surface area contributed by atoms with E-state index in [2.05, 4.69) is 16.0 Å². The molecule has 0 saturated carbocycles. The number of rotatable bonds is 2. The largest absolute Gasteiger partial charge is 0.325 e. The van der Waals surface area contributed by atoms with Gasteiger partial charge in [-0.3, -0.25) is 10.1 Å². The third-order valence-corrected chi connectivity index (χ3v) is 3.26. The molecule has 0 bridgehead atoms. The van der Waals surface area contributed by atoms with Gasteiger partial charge < -0.3 is 10.6 Å². The molecule has 1 heterocycles. The third-order valence-electron chi connectivity index (χ3n) is 3.26. The highest BCUT2D eigenvalue weighted by molar-refractivity contribution is 6.01. The molecule has 2 rings (SSSR count). The number of anilines is 1. The molecular weight excluding hydrogens is 242 g/mol. The summed E-state index contributed by atoms with van der Waals surface area (Å²) in [7, 11) is 0. The number of amides is 3. The standard InChI is InChI=1S/C14H19N3O2/c1-10-2-4-12(5-3-10)16-14(19)17-13(18)11-6-8-15-9-7-11/h2-5,11,15H,6-9H2,1H3,(H2,16,17,18,19). The minimum Gasteiger partial charge on any atom is -0.317 e. The van der Waals surface area contributed by atoms with Crippen molar-refractivity contribution in [2.24, 2.45) is 5.92 Å². The molecule has 0 aliphatic carbocycles. The van der Waals surface area contributed by atoms with E-state index in [9.17, 15) is 9.59 Å². The van der Waals surface area contributed by atoms with Crippen LogP contribution < -0.4 is 16.0 Å². The van der Waals surface area contributed by atoms with E-state index in [1.807, 2.05) is 31.2 Å². The van der Waals surface area contributed by atoms with Crippen LogP contribution in [0.5, 0.6) is 0 Å². The zero-order valence-corrected chi connectivity index (χ0v) is 11.0. The van der Waals surface area contributed by atoms with Crippen LogP contribution in [0.2, 0.25) is 0 Å². The molecule has 0 atom stereocenters. The Morgan fingerprint density at radius 1 is 1.16 bits per heavy atom. The van der Waals surface area contributed by atoms with Crippen LogP contribution in [0.1, 0.15) is 18.4 Å². The quantitative estimate of drug-likeness (QED) is 0.758. The molecule has 1 aliphatic heterocycles. The van der Waals surface area contributed by atoms with Gasteiger partial charge in [0, 0.05) is 11.6 Å². The van der Waals surface area contributed by atoms with E-state index in [4.69, 9.17) is 0 Å². The molecule has 5 heteroatoms. The molecule has 1 fully saturated rings. The maximum Gasteiger partial charge on any atom is 0.325 e. The minimum absolute atomic E-state index is 0.0648. The molecule has 1 aromatic rings. The van der Waals surface area contributed by atoms with Crippen molar-refractivity contribution in [3.8, 4) is 0 Å². The van der Waals surface area contributed by atoms with Gasteiger partial charge in [-0.25, -0.2) is 4.79 Å². The van der Waals surface area contributed by atoms with Gasteiger partial charge in [-0.2, -0.15) is 0 Å². The normalized spacial score (nSPS) is 15.8. The first-order valence-electron chi connectivity index (χ1n) is 6.54. The summed E-state index contributed by atoms with van der Waals surface area (Å²) in [6.45, 7) is 3.64. The molecule has 1 aliphatic rings. The van der Waals surface area contributed by atoms with E-state index in [-0.39, 0.29) is 11.8 Å². The zero-order chi connectivity index (χ0) is 13.7. The molecule has 0 aromatic heterocycles. The van der Waals surface area contributed by atoms with Crippen LogP contribution in [0.4, 0.5) is 10.5 Å². The van der Waals surface area contributed by atoms with Crippen LogP contribution in [0.15, 0.2) is 24.3 Å². The lowest BCUT2D eigenvalue weighted by Crippen LogP contribution is -2.42. The third kappa shape index (κ3) is 4.06. The number of imide groups is 1. The van der Waals surface area contributed by atoms with Crippen molar-refractivity contribution in [1.29, 1.82) is 0 Å². The summed E-state index contributed by atoms with van der Waals surface area (Å²) in [5.41, 5.74) is 1.80. The van der Waals surface area contributed by atoms with E-state index in [0.29, 0.717) is 5.69 Å². The van der Waals surface area contributed by atoms with Crippen molar-refractivity contribution in [2.75, 3.05) is 18.4 Å². The first-order valence-corrected chi connectivity index (χ1v) is 6.54. The van der Waals surface area contributed by atoms with E-state index in [0.717, 1.165) is 31.5 Å². The van der Waals surface area contributed by atoms with Gasteiger partial charge in [0.1, 0.15) is 0 Å². The Kier molecular flexibility index (Phi) is 4.52. The highest BCUT2D eigenvalue weighted by Crippen LogP contribution is 2.12.